The van der Waals surface area contributed by atoms with Gasteiger partial charge in [-0.05, 0) is 47.4 Å². The predicted molar refractivity (Wildman–Crippen MR) is 112 cm³/mol. The van der Waals surface area contributed by atoms with Crippen molar-refractivity contribution in [2.75, 3.05) is 5.75 Å². The van der Waals surface area contributed by atoms with Crippen molar-refractivity contribution in [1.29, 1.82) is 0 Å². The van der Waals surface area contributed by atoms with Gasteiger partial charge in [-0.25, -0.2) is 8.42 Å². The maximum atomic E-state index is 12.3. The van der Waals surface area contributed by atoms with Gasteiger partial charge in [-0.1, -0.05) is 61.5 Å². The van der Waals surface area contributed by atoms with Gasteiger partial charge >= 0.3 is 0 Å². The van der Waals surface area contributed by atoms with Crippen LogP contribution in [-0.4, -0.2) is 19.2 Å². The highest BCUT2D eigenvalue weighted by Gasteiger charge is 2.14. The van der Waals surface area contributed by atoms with Gasteiger partial charge in [0.05, 0.1) is 10.6 Å². The number of aromatic amines is 1. The first-order chi connectivity index (χ1) is 13.1. The molecule has 3 aromatic carbocycles. The van der Waals surface area contributed by atoms with Gasteiger partial charge in [-0.3, -0.25) is 0 Å². The average molecular weight is 375 g/mol. The molecule has 0 saturated heterocycles. The van der Waals surface area contributed by atoms with E-state index in [0.29, 0.717) is 11.3 Å². The van der Waals surface area contributed by atoms with Crippen LogP contribution in [0.15, 0.2) is 83.8 Å². The number of rotatable bonds is 5. The van der Waals surface area contributed by atoms with Crippen molar-refractivity contribution >= 4 is 20.7 Å². The third kappa shape index (κ3) is 3.53. The van der Waals surface area contributed by atoms with Gasteiger partial charge in [0.15, 0.2) is 9.84 Å². The summed E-state index contributed by atoms with van der Waals surface area (Å²) in [7, 11) is -3.22. The number of sulfone groups is 1. The van der Waals surface area contributed by atoms with E-state index in [1.807, 2.05) is 37.3 Å². The smallest absolute Gasteiger partial charge is 0.178 e. The summed E-state index contributed by atoms with van der Waals surface area (Å²) in [5.41, 5.74) is 5.21. The molecule has 1 heterocycles. The van der Waals surface area contributed by atoms with E-state index < -0.39 is 9.84 Å². The lowest BCUT2D eigenvalue weighted by molar-refractivity contribution is 0.595. The molecule has 27 heavy (non-hydrogen) atoms. The minimum atomic E-state index is -3.22. The van der Waals surface area contributed by atoms with Gasteiger partial charge in [0.2, 0.25) is 0 Å². The van der Waals surface area contributed by atoms with Crippen LogP contribution in [0.2, 0.25) is 0 Å². The highest BCUT2D eigenvalue weighted by molar-refractivity contribution is 7.91. The first-order valence-electron chi connectivity index (χ1n) is 9.08. The maximum absolute atomic E-state index is 12.3. The maximum Gasteiger partial charge on any atom is 0.178 e. The summed E-state index contributed by atoms with van der Waals surface area (Å²) < 4.78 is 24.7. The number of aromatic nitrogens is 1. The summed E-state index contributed by atoms with van der Waals surface area (Å²) in [6.07, 6.45) is 0.614. The molecular weight excluding hydrogens is 354 g/mol. The second-order valence-corrected chi connectivity index (χ2v) is 8.81. The van der Waals surface area contributed by atoms with Crippen molar-refractivity contribution < 1.29 is 8.42 Å². The summed E-state index contributed by atoms with van der Waals surface area (Å²) in [5.74, 6) is 0.172. The van der Waals surface area contributed by atoms with Crippen molar-refractivity contribution in [3.63, 3.8) is 0 Å². The number of benzene rings is 3. The fourth-order valence-electron chi connectivity index (χ4n) is 3.34. The molecule has 0 bridgehead atoms. The van der Waals surface area contributed by atoms with Crippen molar-refractivity contribution in [2.24, 2.45) is 0 Å². The topological polar surface area (TPSA) is 49.9 Å². The van der Waals surface area contributed by atoms with E-state index in [2.05, 4.69) is 41.4 Å². The molecule has 0 spiro atoms. The third-order valence-corrected chi connectivity index (χ3v) is 6.62. The summed E-state index contributed by atoms with van der Waals surface area (Å²) in [6.45, 7) is 1.88. The molecule has 0 fully saturated rings. The standard InChI is InChI=1S/C23H21NO2S/c1-2-13-27(25,26)21-12-11-20-15-22(24-23(20)16-21)19-10-6-9-18(14-19)17-7-4-3-5-8-17/h3-12,14-16,24H,2,13H2,1H3. The molecule has 4 heteroatoms. The zero-order chi connectivity index (χ0) is 18.9. The molecule has 3 nitrogen and oxygen atoms in total. The fraction of sp³-hybridized carbons (Fsp3) is 0.130. The van der Waals surface area contributed by atoms with Crippen molar-refractivity contribution in [3.05, 3.63) is 78.9 Å². The lowest BCUT2D eigenvalue weighted by Crippen LogP contribution is -2.05. The molecule has 0 radical (unpaired) electrons. The Bertz CT molecular complexity index is 1190. The van der Waals surface area contributed by atoms with Crippen LogP contribution < -0.4 is 0 Å². The van der Waals surface area contributed by atoms with E-state index in [4.69, 9.17) is 0 Å². The van der Waals surface area contributed by atoms with Crippen LogP contribution in [0.3, 0.4) is 0 Å². The van der Waals surface area contributed by atoms with Crippen molar-refractivity contribution in [2.45, 2.75) is 18.2 Å². The van der Waals surface area contributed by atoms with Gasteiger partial charge in [0.25, 0.3) is 0 Å². The molecule has 1 N–H and O–H groups in total. The van der Waals surface area contributed by atoms with Crippen LogP contribution in [0.25, 0.3) is 33.3 Å². The zero-order valence-electron chi connectivity index (χ0n) is 15.1. The molecule has 136 valence electrons. The van der Waals surface area contributed by atoms with E-state index in [0.717, 1.165) is 27.7 Å². The summed E-state index contributed by atoms with van der Waals surface area (Å²) in [6, 6.07) is 26.0. The first-order valence-corrected chi connectivity index (χ1v) is 10.7. The quantitative estimate of drug-likeness (QED) is 0.487. The van der Waals surface area contributed by atoms with Crippen molar-refractivity contribution in [1.82, 2.24) is 4.98 Å². The molecule has 0 aliphatic carbocycles. The minimum Gasteiger partial charge on any atom is -0.354 e. The number of H-pyrrole nitrogens is 1. The van der Waals surface area contributed by atoms with Gasteiger partial charge in [0, 0.05) is 16.6 Å². The molecule has 4 rings (SSSR count). The molecule has 1 aromatic heterocycles. The van der Waals surface area contributed by atoms with E-state index >= 15 is 0 Å². The van der Waals surface area contributed by atoms with Crippen LogP contribution in [0.4, 0.5) is 0 Å². The van der Waals surface area contributed by atoms with Crippen LogP contribution in [0, 0.1) is 0 Å². The summed E-state index contributed by atoms with van der Waals surface area (Å²) >= 11 is 0. The summed E-state index contributed by atoms with van der Waals surface area (Å²) in [4.78, 5) is 3.76. The molecule has 0 aliphatic heterocycles. The Kier molecular flexibility index (Phi) is 4.58. The second-order valence-electron chi connectivity index (χ2n) is 6.70. The Morgan fingerprint density at radius 1 is 0.778 bits per heavy atom. The first kappa shape index (κ1) is 17.6. The largest absolute Gasteiger partial charge is 0.354 e. The predicted octanol–water partition coefficient (Wildman–Crippen LogP) is 5.69. The van der Waals surface area contributed by atoms with E-state index in [1.165, 1.54) is 5.56 Å². The molecule has 0 atom stereocenters. The SMILES string of the molecule is CCCS(=O)(=O)c1ccc2cc(-c3cccc(-c4ccccc4)c3)[nH]c2c1. The molecular formula is C23H21NO2S. The van der Waals surface area contributed by atoms with E-state index in [9.17, 15) is 8.42 Å². The Balaban J connectivity index is 1.75. The number of fused-ring (bicyclic) bond motifs is 1. The third-order valence-electron chi connectivity index (χ3n) is 4.71. The Hall–Kier alpha value is -2.85. The number of hydrogen-bond donors (Lipinski definition) is 1. The second kappa shape index (κ2) is 7.05. The Morgan fingerprint density at radius 3 is 2.30 bits per heavy atom. The summed E-state index contributed by atoms with van der Waals surface area (Å²) in [5, 5.41) is 1.01. The fourth-order valence-corrected chi connectivity index (χ4v) is 4.68. The van der Waals surface area contributed by atoms with Gasteiger partial charge in [0.1, 0.15) is 0 Å². The number of hydrogen-bond acceptors (Lipinski definition) is 2. The van der Waals surface area contributed by atoms with E-state index in [1.54, 1.807) is 12.1 Å². The number of nitrogens with one attached hydrogen (secondary N) is 1. The molecule has 0 saturated carbocycles. The lowest BCUT2D eigenvalue weighted by Gasteiger charge is -2.04. The average Bonchev–Trinajstić information content (AvgIpc) is 3.12. The minimum absolute atomic E-state index is 0.172. The molecule has 0 unspecified atom stereocenters. The van der Waals surface area contributed by atoms with E-state index in [-0.39, 0.29) is 5.75 Å². The zero-order valence-corrected chi connectivity index (χ0v) is 16.0. The lowest BCUT2D eigenvalue weighted by atomic mass is 10.0. The highest BCUT2D eigenvalue weighted by Crippen LogP contribution is 2.29. The molecule has 4 aromatic rings. The van der Waals surface area contributed by atoms with Gasteiger partial charge < -0.3 is 4.98 Å². The molecule has 0 amide bonds. The Morgan fingerprint density at radius 2 is 1.52 bits per heavy atom. The van der Waals surface area contributed by atoms with Crippen LogP contribution >= 0.6 is 0 Å². The van der Waals surface area contributed by atoms with Crippen LogP contribution in [0.5, 0.6) is 0 Å². The van der Waals surface area contributed by atoms with Crippen LogP contribution in [0.1, 0.15) is 13.3 Å². The van der Waals surface area contributed by atoms with Crippen LogP contribution in [-0.2, 0) is 9.84 Å². The normalized spacial score (nSPS) is 11.7. The highest BCUT2D eigenvalue weighted by atomic mass is 32.2. The van der Waals surface area contributed by atoms with Gasteiger partial charge in [-0.15, -0.1) is 0 Å². The monoisotopic (exact) mass is 375 g/mol. The molecule has 0 aliphatic rings. The van der Waals surface area contributed by atoms with Gasteiger partial charge in [-0.2, -0.15) is 0 Å². The van der Waals surface area contributed by atoms with Crippen molar-refractivity contribution in [3.8, 4) is 22.4 Å². The Labute approximate surface area is 159 Å².